The molecule has 6 rings (SSSR count). The van der Waals surface area contributed by atoms with E-state index in [1.54, 1.807) is 54.7 Å². The van der Waals surface area contributed by atoms with Gasteiger partial charge in [0.2, 0.25) is 0 Å². The maximum atomic E-state index is 15.3. The van der Waals surface area contributed by atoms with Crippen molar-refractivity contribution in [2.24, 2.45) is 7.05 Å². The fraction of sp³-hybridized carbons (Fsp3) is 0.333. The van der Waals surface area contributed by atoms with Crippen LogP contribution in [-0.2, 0) is 19.1 Å². The molecule has 0 unspecified atom stereocenters. The van der Waals surface area contributed by atoms with Gasteiger partial charge in [-0.15, -0.1) is 0 Å². The zero-order valence-electron chi connectivity index (χ0n) is 25.9. The quantitative estimate of drug-likeness (QED) is 0.272. The molecule has 1 aliphatic rings. The summed E-state index contributed by atoms with van der Waals surface area (Å²) in [5.74, 6) is 0.502. The maximum absolute atomic E-state index is 15.3. The minimum absolute atomic E-state index is 0.0912. The monoisotopic (exact) mass is 610 g/mol. The van der Waals surface area contributed by atoms with Crippen LogP contribution < -0.4 is 21.3 Å². The Balaban J connectivity index is 1.41. The molecule has 0 atom stereocenters. The number of nitrogens with one attached hydrogen (secondary N) is 1. The maximum Gasteiger partial charge on any atom is 0.290 e. The van der Waals surface area contributed by atoms with Crippen molar-refractivity contribution in [1.82, 2.24) is 29.5 Å². The zero-order chi connectivity index (χ0) is 32.0. The Morgan fingerprint density at radius 3 is 2.49 bits per heavy atom. The van der Waals surface area contributed by atoms with Crippen molar-refractivity contribution < 1.29 is 9.50 Å². The average molecular weight is 611 g/mol. The van der Waals surface area contributed by atoms with E-state index in [1.165, 1.54) is 30.4 Å². The molecule has 1 aliphatic carbocycles. The van der Waals surface area contributed by atoms with Crippen molar-refractivity contribution in [3.8, 4) is 16.9 Å². The molecular formula is C33H35FN8O3. The van der Waals surface area contributed by atoms with Gasteiger partial charge in [0.1, 0.15) is 17.3 Å². The summed E-state index contributed by atoms with van der Waals surface area (Å²) >= 11 is 0. The first-order chi connectivity index (χ1) is 21.5. The Bertz CT molecular complexity index is 2030. The number of halogens is 1. The van der Waals surface area contributed by atoms with Crippen molar-refractivity contribution in [3.05, 3.63) is 92.6 Å². The number of aryl methyl sites for hydroxylation is 1. The Kier molecular flexibility index (Phi) is 7.69. The lowest BCUT2D eigenvalue weighted by Crippen LogP contribution is -2.29. The predicted molar refractivity (Wildman–Crippen MR) is 172 cm³/mol. The predicted octanol–water partition coefficient (Wildman–Crippen LogP) is 4.60. The number of benzene rings is 2. The molecule has 2 aromatic carbocycles. The van der Waals surface area contributed by atoms with Gasteiger partial charge in [-0.25, -0.2) is 19.0 Å². The van der Waals surface area contributed by atoms with Crippen LogP contribution in [0.5, 0.6) is 0 Å². The molecule has 0 aliphatic heterocycles. The van der Waals surface area contributed by atoms with E-state index in [1.807, 2.05) is 20.8 Å². The summed E-state index contributed by atoms with van der Waals surface area (Å²) in [6, 6.07) is 10.2. The van der Waals surface area contributed by atoms with Crippen LogP contribution in [0, 0.1) is 5.82 Å². The molecular weight excluding hydrogens is 575 g/mol. The van der Waals surface area contributed by atoms with Gasteiger partial charge in [-0.05, 0) is 54.5 Å². The Labute approximate surface area is 259 Å². The molecule has 5 aromatic rings. The number of aliphatic hydroxyl groups is 1. The van der Waals surface area contributed by atoms with E-state index in [-0.39, 0.29) is 27.7 Å². The van der Waals surface area contributed by atoms with Crippen molar-refractivity contribution in [2.45, 2.75) is 58.1 Å². The number of aromatic nitrogens is 6. The van der Waals surface area contributed by atoms with E-state index < -0.39 is 18.0 Å². The van der Waals surface area contributed by atoms with E-state index in [0.29, 0.717) is 39.9 Å². The average Bonchev–Trinajstić information content (AvgIpc) is 2.99. The minimum Gasteiger partial charge on any atom is -0.392 e. The first kappa shape index (κ1) is 30.1. The van der Waals surface area contributed by atoms with Gasteiger partial charge in [-0.3, -0.25) is 9.59 Å². The van der Waals surface area contributed by atoms with Crippen molar-refractivity contribution in [1.29, 1.82) is 0 Å². The number of hydrogen-bond acceptors (Lipinski definition) is 9. The molecule has 0 amide bonds. The summed E-state index contributed by atoms with van der Waals surface area (Å²) in [5, 5.41) is 23.0. The van der Waals surface area contributed by atoms with Gasteiger partial charge in [0, 0.05) is 36.7 Å². The summed E-state index contributed by atoms with van der Waals surface area (Å²) < 4.78 is 17.6. The molecule has 2 N–H and O–H groups in total. The first-order valence-corrected chi connectivity index (χ1v) is 14.8. The molecule has 0 saturated heterocycles. The smallest absolute Gasteiger partial charge is 0.290 e. The lowest BCUT2D eigenvalue weighted by molar-refractivity contribution is 0.281. The third-order valence-corrected chi connectivity index (χ3v) is 8.36. The second kappa shape index (κ2) is 11.5. The highest BCUT2D eigenvalue weighted by molar-refractivity contribution is 5.83. The van der Waals surface area contributed by atoms with Crippen LogP contribution in [0.2, 0.25) is 0 Å². The number of rotatable bonds is 7. The van der Waals surface area contributed by atoms with Crippen molar-refractivity contribution in [2.75, 3.05) is 17.3 Å². The van der Waals surface area contributed by atoms with Gasteiger partial charge >= 0.3 is 0 Å². The van der Waals surface area contributed by atoms with Gasteiger partial charge in [0.25, 0.3) is 11.1 Å². The molecule has 11 nitrogen and oxygen atoms in total. The first-order valence-electron chi connectivity index (χ1n) is 14.8. The Morgan fingerprint density at radius 1 is 1.07 bits per heavy atom. The molecule has 232 valence electrons. The van der Waals surface area contributed by atoms with Crippen molar-refractivity contribution in [3.63, 3.8) is 0 Å². The molecule has 0 spiro atoms. The highest BCUT2D eigenvalue weighted by Crippen LogP contribution is 2.31. The number of anilines is 3. The summed E-state index contributed by atoms with van der Waals surface area (Å²) in [4.78, 5) is 37.4. The van der Waals surface area contributed by atoms with Crippen LogP contribution in [-0.4, -0.2) is 47.7 Å². The lowest BCUT2D eigenvalue weighted by atomic mass is 9.86. The molecule has 0 radical (unpaired) electrons. The van der Waals surface area contributed by atoms with E-state index in [0.717, 1.165) is 23.1 Å². The normalized spacial score (nSPS) is 13.6. The standard InChI is InChI=1S/C33H35FN8O3/c1-33(2,3)20-12-19-15-37-42(32(45)30(19)24(34)13-20)26-11-7-10-22(23(26)18-43)25-14-27(31(44)41(5)39-25)40(4)29-17-35-28(16-36-29)38-21-8-6-9-21/h7,10-17,21,43H,6,8-9,18H2,1-5H3,(H,35,38). The summed E-state index contributed by atoms with van der Waals surface area (Å²) in [7, 11) is 3.25. The van der Waals surface area contributed by atoms with Crippen LogP contribution in [0.4, 0.5) is 21.7 Å². The molecule has 3 heterocycles. The number of fused-ring (bicyclic) bond motifs is 1. The second-order valence-electron chi connectivity index (χ2n) is 12.4. The molecule has 0 bridgehead atoms. The molecule has 3 aromatic heterocycles. The van der Waals surface area contributed by atoms with Crippen molar-refractivity contribution >= 4 is 28.1 Å². The van der Waals surface area contributed by atoms with Crippen LogP contribution in [0.15, 0.2) is 64.6 Å². The highest BCUT2D eigenvalue weighted by Gasteiger charge is 2.22. The molecule has 12 heteroatoms. The highest BCUT2D eigenvalue weighted by atomic mass is 19.1. The van der Waals surface area contributed by atoms with Crippen LogP contribution in [0.25, 0.3) is 27.7 Å². The zero-order valence-corrected chi connectivity index (χ0v) is 25.9. The number of aliphatic hydroxyl groups excluding tert-OH is 1. The second-order valence-corrected chi connectivity index (χ2v) is 12.4. The summed E-state index contributed by atoms with van der Waals surface area (Å²) in [5.41, 5.74) is 1.15. The van der Waals surface area contributed by atoms with Crippen LogP contribution in [0.1, 0.15) is 51.2 Å². The SMILES string of the molecule is CN(c1cnc(NC2CCC2)cn1)c1cc(-c2cccc(-n3ncc4cc(C(C)(C)C)cc(F)c4c3=O)c2CO)nn(C)c1=O. The van der Waals surface area contributed by atoms with Gasteiger partial charge in [0.15, 0.2) is 5.82 Å². The topological polar surface area (TPSA) is 131 Å². The van der Waals surface area contributed by atoms with Gasteiger partial charge in [-0.2, -0.15) is 14.9 Å². The molecule has 1 saturated carbocycles. The van der Waals surface area contributed by atoms with E-state index in [9.17, 15) is 14.7 Å². The van der Waals surface area contributed by atoms with Gasteiger partial charge < -0.3 is 15.3 Å². The molecule has 1 fully saturated rings. The third-order valence-electron chi connectivity index (χ3n) is 8.36. The van der Waals surface area contributed by atoms with E-state index in [2.05, 4.69) is 25.5 Å². The minimum atomic E-state index is -0.653. The number of nitrogens with zero attached hydrogens (tertiary/aromatic N) is 7. The van der Waals surface area contributed by atoms with Crippen LogP contribution >= 0.6 is 0 Å². The lowest BCUT2D eigenvalue weighted by Gasteiger charge is -2.27. The van der Waals surface area contributed by atoms with Gasteiger partial charge in [0.05, 0.1) is 42.0 Å². The fourth-order valence-corrected chi connectivity index (χ4v) is 5.44. The third kappa shape index (κ3) is 5.57. The Hall–Kier alpha value is -4.97. The molecule has 45 heavy (non-hydrogen) atoms. The summed E-state index contributed by atoms with van der Waals surface area (Å²) in [6.07, 6.45) is 8.11. The fourth-order valence-electron chi connectivity index (χ4n) is 5.44. The van der Waals surface area contributed by atoms with E-state index >= 15 is 4.39 Å². The van der Waals surface area contributed by atoms with Crippen LogP contribution in [0.3, 0.4) is 0 Å². The number of hydrogen-bond donors (Lipinski definition) is 2. The van der Waals surface area contributed by atoms with Gasteiger partial charge in [-0.1, -0.05) is 32.9 Å². The summed E-state index contributed by atoms with van der Waals surface area (Å²) in [6.45, 7) is 5.43. The van der Waals surface area contributed by atoms with E-state index in [4.69, 9.17) is 0 Å². The largest absolute Gasteiger partial charge is 0.392 e. The Morgan fingerprint density at radius 2 is 1.84 bits per heavy atom.